The Kier molecular flexibility index (Phi) is 4.04. The van der Waals surface area contributed by atoms with Crippen LogP contribution in [0.4, 0.5) is 0 Å². The van der Waals surface area contributed by atoms with Crippen molar-refractivity contribution in [2.24, 2.45) is 5.73 Å². The van der Waals surface area contributed by atoms with Crippen LogP contribution in [-0.4, -0.2) is 18.4 Å². The van der Waals surface area contributed by atoms with Gasteiger partial charge in [-0.25, -0.2) is 0 Å². The number of benzene rings is 1. The zero-order chi connectivity index (χ0) is 10.6. The third-order valence-electron chi connectivity index (χ3n) is 1.54. The van der Waals surface area contributed by atoms with Crippen LogP contribution in [-0.2, 0) is 0 Å². The summed E-state index contributed by atoms with van der Waals surface area (Å²) in [5.74, 6) is 0.181. The highest BCUT2D eigenvalue weighted by Gasteiger charge is 2.09. The van der Waals surface area contributed by atoms with Gasteiger partial charge in [0.25, 0.3) is 5.91 Å². The van der Waals surface area contributed by atoms with E-state index in [0.717, 1.165) is 0 Å². The summed E-state index contributed by atoms with van der Waals surface area (Å²) in [6.07, 6.45) is 0. The first kappa shape index (κ1) is 11.1. The normalized spacial score (nSPS) is 9.86. The van der Waals surface area contributed by atoms with E-state index < -0.39 is 5.91 Å². The molecule has 0 bridgehead atoms. The second kappa shape index (κ2) is 5.08. The summed E-state index contributed by atoms with van der Waals surface area (Å²) in [6.45, 7) is 0.323. The number of ether oxygens (including phenoxy) is 1. The standard InChI is InChI=1S/C9H9Cl2NO2/c10-3-4-14-8-2-1-6(11)5-7(8)9(12)13/h1-2,5H,3-4H2,(H2,12,13). The highest BCUT2D eigenvalue weighted by atomic mass is 35.5. The molecular weight excluding hydrogens is 225 g/mol. The summed E-state index contributed by atoms with van der Waals surface area (Å²) >= 11 is 11.2. The van der Waals surface area contributed by atoms with Gasteiger partial charge in [0.15, 0.2) is 0 Å². The second-order valence-corrected chi connectivity index (χ2v) is 3.36. The van der Waals surface area contributed by atoms with Crippen LogP contribution in [0.25, 0.3) is 0 Å². The predicted octanol–water partition coefficient (Wildman–Crippen LogP) is 2.06. The molecule has 0 aliphatic carbocycles. The third kappa shape index (κ3) is 2.79. The van der Waals surface area contributed by atoms with E-state index in [-0.39, 0.29) is 5.56 Å². The van der Waals surface area contributed by atoms with Gasteiger partial charge in [0.2, 0.25) is 0 Å². The first-order valence-corrected chi connectivity index (χ1v) is 4.84. The fourth-order valence-electron chi connectivity index (χ4n) is 0.969. The molecule has 76 valence electrons. The number of rotatable bonds is 4. The molecule has 1 aromatic rings. The van der Waals surface area contributed by atoms with E-state index in [4.69, 9.17) is 33.7 Å². The van der Waals surface area contributed by atoms with Crippen molar-refractivity contribution in [1.82, 2.24) is 0 Å². The van der Waals surface area contributed by atoms with E-state index >= 15 is 0 Å². The number of carbonyl (C=O) groups is 1. The summed E-state index contributed by atoms with van der Waals surface area (Å²) < 4.78 is 5.21. The lowest BCUT2D eigenvalue weighted by molar-refractivity contribution is 0.0996. The lowest BCUT2D eigenvalue weighted by Gasteiger charge is -2.07. The highest BCUT2D eigenvalue weighted by molar-refractivity contribution is 6.31. The number of amides is 1. The molecule has 0 saturated heterocycles. The summed E-state index contributed by atoms with van der Waals surface area (Å²) in [4.78, 5) is 11.0. The summed E-state index contributed by atoms with van der Waals surface area (Å²) in [7, 11) is 0. The van der Waals surface area contributed by atoms with Gasteiger partial charge in [-0.15, -0.1) is 11.6 Å². The van der Waals surface area contributed by atoms with Crippen molar-refractivity contribution in [2.75, 3.05) is 12.5 Å². The van der Waals surface area contributed by atoms with Crippen molar-refractivity contribution in [3.63, 3.8) is 0 Å². The molecule has 0 radical (unpaired) electrons. The molecule has 1 amide bonds. The molecule has 0 aliphatic rings. The van der Waals surface area contributed by atoms with Crippen molar-refractivity contribution in [1.29, 1.82) is 0 Å². The Morgan fingerprint density at radius 3 is 2.79 bits per heavy atom. The zero-order valence-corrected chi connectivity index (χ0v) is 8.81. The zero-order valence-electron chi connectivity index (χ0n) is 7.30. The van der Waals surface area contributed by atoms with Crippen molar-refractivity contribution in [3.8, 4) is 5.75 Å². The van der Waals surface area contributed by atoms with E-state index in [9.17, 15) is 4.79 Å². The number of alkyl halides is 1. The van der Waals surface area contributed by atoms with Crippen molar-refractivity contribution >= 4 is 29.1 Å². The molecule has 0 aromatic heterocycles. The van der Waals surface area contributed by atoms with Crippen molar-refractivity contribution in [3.05, 3.63) is 28.8 Å². The highest BCUT2D eigenvalue weighted by Crippen LogP contribution is 2.22. The average molecular weight is 234 g/mol. The maximum Gasteiger partial charge on any atom is 0.252 e. The Morgan fingerprint density at radius 2 is 2.21 bits per heavy atom. The lowest BCUT2D eigenvalue weighted by Crippen LogP contribution is -2.13. The molecule has 2 N–H and O–H groups in total. The minimum atomic E-state index is -0.572. The van der Waals surface area contributed by atoms with Gasteiger partial charge in [0.05, 0.1) is 11.4 Å². The molecule has 1 rings (SSSR count). The quantitative estimate of drug-likeness (QED) is 0.810. The molecule has 0 spiro atoms. The molecule has 5 heteroatoms. The number of primary amides is 1. The van der Waals surface area contributed by atoms with Crippen LogP contribution in [0.3, 0.4) is 0 Å². The van der Waals surface area contributed by atoms with Gasteiger partial charge < -0.3 is 10.5 Å². The number of hydrogen-bond acceptors (Lipinski definition) is 2. The number of halogens is 2. The Balaban J connectivity index is 2.96. The fraction of sp³-hybridized carbons (Fsp3) is 0.222. The van der Waals surface area contributed by atoms with Crippen LogP contribution in [0.1, 0.15) is 10.4 Å². The van der Waals surface area contributed by atoms with Gasteiger partial charge in [-0.1, -0.05) is 11.6 Å². The molecule has 14 heavy (non-hydrogen) atoms. The maximum absolute atomic E-state index is 11.0. The van der Waals surface area contributed by atoms with Gasteiger partial charge in [-0.3, -0.25) is 4.79 Å². The number of nitrogens with two attached hydrogens (primary N) is 1. The van der Waals surface area contributed by atoms with E-state index in [1.165, 1.54) is 6.07 Å². The van der Waals surface area contributed by atoms with E-state index in [0.29, 0.717) is 23.3 Å². The monoisotopic (exact) mass is 233 g/mol. The van der Waals surface area contributed by atoms with E-state index in [2.05, 4.69) is 0 Å². The SMILES string of the molecule is NC(=O)c1cc(Cl)ccc1OCCCl. The third-order valence-corrected chi connectivity index (χ3v) is 1.93. The molecule has 0 fully saturated rings. The molecule has 3 nitrogen and oxygen atoms in total. The second-order valence-electron chi connectivity index (χ2n) is 2.54. The Bertz CT molecular complexity index is 342. The smallest absolute Gasteiger partial charge is 0.252 e. The maximum atomic E-state index is 11.0. The van der Waals surface area contributed by atoms with Crippen molar-refractivity contribution in [2.45, 2.75) is 0 Å². The van der Waals surface area contributed by atoms with Gasteiger partial charge in [-0.2, -0.15) is 0 Å². The van der Waals surface area contributed by atoms with Crippen LogP contribution in [0.5, 0.6) is 5.75 Å². The molecule has 1 aromatic carbocycles. The first-order chi connectivity index (χ1) is 6.65. The lowest BCUT2D eigenvalue weighted by atomic mass is 10.2. The Morgan fingerprint density at radius 1 is 1.50 bits per heavy atom. The molecule has 0 aliphatic heterocycles. The van der Waals surface area contributed by atoms with E-state index in [1.807, 2.05) is 0 Å². The minimum absolute atomic E-state index is 0.266. The predicted molar refractivity (Wildman–Crippen MR) is 56.2 cm³/mol. The van der Waals surface area contributed by atoms with Crippen LogP contribution in [0.2, 0.25) is 5.02 Å². The average Bonchev–Trinajstić information content (AvgIpc) is 2.15. The fourth-order valence-corrected chi connectivity index (χ4v) is 1.22. The molecule has 0 atom stereocenters. The van der Waals surface area contributed by atoms with Gasteiger partial charge in [0.1, 0.15) is 12.4 Å². The molecule has 0 saturated carbocycles. The van der Waals surface area contributed by atoms with Gasteiger partial charge in [0, 0.05) is 5.02 Å². The first-order valence-electron chi connectivity index (χ1n) is 3.93. The van der Waals surface area contributed by atoms with Crippen LogP contribution < -0.4 is 10.5 Å². The Labute approximate surface area is 91.7 Å². The van der Waals surface area contributed by atoms with Crippen LogP contribution in [0.15, 0.2) is 18.2 Å². The van der Waals surface area contributed by atoms with Gasteiger partial charge in [-0.05, 0) is 18.2 Å². The van der Waals surface area contributed by atoms with Crippen LogP contribution >= 0.6 is 23.2 Å². The molecular formula is C9H9Cl2NO2. The van der Waals surface area contributed by atoms with E-state index in [1.54, 1.807) is 12.1 Å². The summed E-state index contributed by atoms with van der Waals surface area (Å²) in [5, 5.41) is 0.442. The Hall–Kier alpha value is -0.930. The largest absolute Gasteiger partial charge is 0.492 e. The molecule has 0 heterocycles. The van der Waals surface area contributed by atoms with Crippen molar-refractivity contribution < 1.29 is 9.53 Å². The molecule has 0 unspecified atom stereocenters. The number of carbonyl (C=O) groups excluding carboxylic acids is 1. The van der Waals surface area contributed by atoms with Gasteiger partial charge >= 0.3 is 0 Å². The topological polar surface area (TPSA) is 52.3 Å². The van der Waals surface area contributed by atoms with Crippen LogP contribution in [0, 0.1) is 0 Å². The summed E-state index contributed by atoms with van der Waals surface area (Å²) in [5.41, 5.74) is 5.41. The number of hydrogen-bond donors (Lipinski definition) is 1. The minimum Gasteiger partial charge on any atom is -0.492 e. The summed E-state index contributed by atoms with van der Waals surface area (Å²) in [6, 6.07) is 4.68.